The first kappa shape index (κ1) is 17.2. The van der Waals surface area contributed by atoms with E-state index in [1.54, 1.807) is 30.5 Å². The molecule has 0 radical (unpaired) electrons. The highest BCUT2D eigenvalue weighted by atomic mass is 32.2. The van der Waals surface area contributed by atoms with E-state index in [1.165, 1.54) is 10.7 Å². The van der Waals surface area contributed by atoms with Crippen molar-refractivity contribution >= 4 is 10.0 Å². The number of benzene rings is 1. The van der Waals surface area contributed by atoms with Crippen molar-refractivity contribution in [3.63, 3.8) is 0 Å². The van der Waals surface area contributed by atoms with Crippen LogP contribution in [0, 0.1) is 0 Å². The molecular weight excluding hydrogens is 354 g/mol. The molecule has 1 fully saturated rings. The number of rotatable bonds is 4. The van der Waals surface area contributed by atoms with Gasteiger partial charge in [0, 0.05) is 24.7 Å². The summed E-state index contributed by atoms with van der Waals surface area (Å²) in [6.07, 6.45) is 5.16. The van der Waals surface area contributed by atoms with Gasteiger partial charge in [-0.1, -0.05) is 0 Å². The summed E-state index contributed by atoms with van der Waals surface area (Å²) in [6, 6.07) is 8.04. The van der Waals surface area contributed by atoms with Crippen molar-refractivity contribution in [2.75, 3.05) is 6.61 Å². The van der Waals surface area contributed by atoms with Crippen LogP contribution < -0.4 is 15.0 Å². The monoisotopic (exact) mass is 375 g/mol. The Morgan fingerprint density at radius 1 is 1.15 bits per heavy atom. The van der Waals surface area contributed by atoms with Crippen molar-refractivity contribution in [1.82, 2.24) is 14.5 Å². The van der Waals surface area contributed by atoms with Crippen LogP contribution in [0.1, 0.15) is 37.3 Å². The molecule has 0 bridgehead atoms. The first-order valence-electron chi connectivity index (χ1n) is 8.85. The Kier molecular flexibility index (Phi) is 4.54. The van der Waals surface area contributed by atoms with Crippen LogP contribution in [0.2, 0.25) is 0 Å². The largest absolute Gasteiger partial charge is 0.493 e. The van der Waals surface area contributed by atoms with E-state index in [9.17, 15) is 13.2 Å². The highest BCUT2D eigenvalue weighted by molar-refractivity contribution is 7.89. The summed E-state index contributed by atoms with van der Waals surface area (Å²) >= 11 is 0. The zero-order chi connectivity index (χ0) is 18.1. The van der Waals surface area contributed by atoms with Crippen LogP contribution in [0.25, 0.3) is 0 Å². The third-order valence-corrected chi connectivity index (χ3v) is 6.60. The minimum Gasteiger partial charge on any atom is -0.493 e. The van der Waals surface area contributed by atoms with Gasteiger partial charge in [-0.15, -0.1) is 0 Å². The summed E-state index contributed by atoms with van der Waals surface area (Å²) in [7, 11) is -3.56. The van der Waals surface area contributed by atoms with Crippen molar-refractivity contribution in [2.24, 2.45) is 0 Å². The van der Waals surface area contributed by atoms with E-state index in [4.69, 9.17) is 4.74 Å². The maximum absolute atomic E-state index is 12.7. The van der Waals surface area contributed by atoms with Gasteiger partial charge in [0.2, 0.25) is 10.0 Å². The summed E-state index contributed by atoms with van der Waals surface area (Å²) < 4.78 is 35.1. The van der Waals surface area contributed by atoms with Crippen LogP contribution in [0.3, 0.4) is 0 Å². The predicted molar refractivity (Wildman–Crippen MR) is 95.8 cm³/mol. The molecule has 1 aliphatic carbocycles. The SMILES string of the molecule is O=c1cccnn1C1CCC(NS(=O)(=O)c2ccc3c(c2)CCO3)CC1. The van der Waals surface area contributed by atoms with Gasteiger partial charge >= 0.3 is 0 Å². The van der Waals surface area contributed by atoms with E-state index in [2.05, 4.69) is 9.82 Å². The lowest BCUT2D eigenvalue weighted by molar-refractivity contribution is 0.285. The Morgan fingerprint density at radius 3 is 2.73 bits per heavy atom. The Morgan fingerprint density at radius 2 is 1.96 bits per heavy atom. The predicted octanol–water partition coefficient (Wildman–Crippen LogP) is 1.64. The van der Waals surface area contributed by atoms with Crippen LogP contribution in [0.5, 0.6) is 5.75 Å². The van der Waals surface area contributed by atoms with Crippen molar-refractivity contribution in [3.8, 4) is 5.75 Å². The standard InChI is InChI=1S/C18H21N3O4S/c22-18-2-1-10-19-21(18)15-5-3-14(4-6-15)20-26(23,24)16-7-8-17-13(12-16)9-11-25-17/h1-2,7-8,10,12,14-15,20H,3-6,9,11H2. The fraction of sp³-hybridized carbons (Fsp3) is 0.444. The molecule has 1 aliphatic heterocycles. The van der Waals surface area contributed by atoms with Gasteiger partial charge < -0.3 is 4.74 Å². The van der Waals surface area contributed by atoms with Crippen LogP contribution in [0.15, 0.2) is 46.2 Å². The Labute approximate surface area is 152 Å². The summed E-state index contributed by atoms with van der Waals surface area (Å²) in [5.74, 6) is 0.769. The Balaban J connectivity index is 1.42. The second-order valence-electron chi connectivity index (χ2n) is 6.80. The van der Waals surface area contributed by atoms with Gasteiger partial charge in [-0.3, -0.25) is 4.79 Å². The molecule has 1 aromatic carbocycles. The van der Waals surface area contributed by atoms with E-state index < -0.39 is 10.0 Å². The molecule has 0 saturated heterocycles. The fourth-order valence-electron chi connectivity index (χ4n) is 3.70. The second-order valence-corrected chi connectivity index (χ2v) is 8.52. The molecule has 1 aromatic heterocycles. The van der Waals surface area contributed by atoms with Crippen LogP contribution in [0.4, 0.5) is 0 Å². The van der Waals surface area contributed by atoms with Gasteiger partial charge in [0.05, 0.1) is 17.5 Å². The molecule has 138 valence electrons. The third kappa shape index (κ3) is 3.39. The highest BCUT2D eigenvalue weighted by Crippen LogP contribution is 2.30. The van der Waals surface area contributed by atoms with Crippen LogP contribution >= 0.6 is 0 Å². The topological polar surface area (TPSA) is 90.3 Å². The van der Waals surface area contributed by atoms with Crippen molar-refractivity contribution in [3.05, 3.63) is 52.4 Å². The number of nitrogens with one attached hydrogen (secondary N) is 1. The molecule has 0 atom stereocenters. The summed E-state index contributed by atoms with van der Waals surface area (Å²) in [5.41, 5.74) is 0.822. The number of nitrogens with zero attached hydrogens (tertiary/aromatic N) is 2. The van der Waals surface area contributed by atoms with E-state index in [-0.39, 0.29) is 22.5 Å². The van der Waals surface area contributed by atoms with Gasteiger partial charge in [0.15, 0.2) is 0 Å². The minimum atomic E-state index is -3.56. The second kappa shape index (κ2) is 6.85. The lowest BCUT2D eigenvalue weighted by Crippen LogP contribution is -2.39. The lowest BCUT2D eigenvalue weighted by Gasteiger charge is -2.29. The summed E-state index contributed by atoms with van der Waals surface area (Å²) in [4.78, 5) is 12.2. The van der Waals surface area contributed by atoms with E-state index in [1.807, 2.05) is 0 Å². The molecule has 4 rings (SSSR count). The molecular formula is C18H21N3O4S. The maximum atomic E-state index is 12.7. The van der Waals surface area contributed by atoms with Crippen LogP contribution in [-0.4, -0.2) is 30.8 Å². The average molecular weight is 375 g/mol. The Hall–Kier alpha value is -2.19. The van der Waals surface area contributed by atoms with Crippen LogP contribution in [-0.2, 0) is 16.4 Å². The van der Waals surface area contributed by atoms with Crippen molar-refractivity contribution in [2.45, 2.75) is 49.1 Å². The van der Waals surface area contributed by atoms with Crippen molar-refractivity contribution in [1.29, 1.82) is 0 Å². The van der Waals surface area contributed by atoms with Crippen molar-refractivity contribution < 1.29 is 13.2 Å². The number of fused-ring (bicyclic) bond motifs is 1. The molecule has 0 unspecified atom stereocenters. The number of hydrogen-bond acceptors (Lipinski definition) is 5. The zero-order valence-electron chi connectivity index (χ0n) is 14.3. The van der Waals surface area contributed by atoms with Gasteiger partial charge in [0.25, 0.3) is 5.56 Å². The zero-order valence-corrected chi connectivity index (χ0v) is 15.1. The van der Waals surface area contributed by atoms with Gasteiger partial charge in [0.1, 0.15) is 5.75 Å². The minimum absolute atomic E-state index is 0.0293. The molecule has 1 saturated carbocycles. The van der Waals surface area contributed by atoms with E-state index in [0.717, 1.165) is 30.6 Å². The normalized spacial score (nSPS) is 22.6. The average Bonchev–Trinajstić information content (AvgIpc) is 3.10. The number of aromatic nitrogens is 2. The summed E-state index contributed by atoms with van der Waals surface area (Å²) in [6.45, 7) is 0.600. The van der Waals surface area contributed by atoms with E-state index in [0.29, 0.717) is 19.4 Å². The molecule has 8 heteroatoms. The molecule has 2 aromatic rings. The molecule has 1 N–H and O–H groups in total. The van der Waals surface area contributed by atoms with Gasteiger partial charge in [-0.2, -0.15) is 5.10 Å². The third-order valence-electron chi connectivity index (χ3n) is 5.08. The molecule has 2 heterocycles. The first-order chi connectivity index (χ1) is 12.5. The molecule has 26 heavy (non-hydrogen) atoms. The maximum Gasteiger partial charge on any atom is 0.266 e. The number of ether oxygens (including phenoxy) is 1. The summed E-state index contributed by atoms with van der Waals surface area (Å²) in [5, 5.41) is 4.14. The van der Waals surface area contributed by atoms with Gasteiger partial charge in [-0.05, 0) is 55.5 Å². The highest BCUT2D eigenvalue weighted by Gasteiger charge is 2.28. The quantitative estimate of drug-likeness (QED) is 0.877. The molecule has 2 aliphatic rings. The van der Waals surface area contributed by atoms with Gasteiger partial charge in [-0.25, -0.2) is 17.8 Å². The molecule has 0 spiro atoms. The molecule has 0 amide bonds. The molecule has 7 nitrogen and oxygen atoms in total. The number of hydrogen-bond donors (Lipinski definition) is 1. The smallest absolute Gasteiger partial charge is 0.266 e. The lowest BCUT2D eigenvalue weighted by atomic mass is 9.92. The van der Waals surface area contributed by atoms with E-state index >= 15 is 0 Å². The fourth-order valence-corrected chi connectivity index (χ4v) is 5.05. The number of sulfonamides is 1. The Bertz CT molecular complexity index is 962. The first-order valence-corrected chi connectivity index (χ1v) is 10.3.